The molecule has 0 aliphatic carbocycles. The van der Waals surface area contributed by atoms with Gasteiger partial charge in [0.15, 0.2) is 5.70 Å². The Bertz CT molecular complexity index is 1270. The standard InChI is InChI=1S/C24H17IN2O5/c1-15-11-18(7-10-22(15)27(29)30)23-26-21(24(28)32-23)13-16-5-8-20(9-6-16)31-14-17-3-2-4-19(25)12-17/h2-13H,14H2,1H3/b21-13-. The van der Waals surface area contributed by atoms with E-state index in [1.807, 2.05) is 42.5 Å². The summed E-state index contributed by atoms with van der Waals surface area (Å²) in [5.41, 5.74) is 2.97. The normalized spacial score (nSPS) is 14.2. The van der Waals surface area contributed by atoms with E-state index in [-0.39, 0.29) is 17.3 Å². The van der Waals surface area contributed by atoms with Gasteiger partial charge in [0.25, 0.3) is 5.69 Å². The van der Waals surface area contributed by atoms with E-state index >= 15 is 0 Å². The highest BCUT2D eigenvalue weighted by atomic mass is 127. The maximum Gasteiger partial charge on any atom is 0.363 e. The Morgan fingerprint density at radius 3 is 2.59 bits per heavy atom. The highest BCUT2D eigenvalue weighted by Gasteiger charge is 2.25. The third kappa shape index (κ3) is 5.02. The fraction of sp³-hybridized carbons (Fsp3) is 0.0833. The van der Waals surface area contributed by atoms with Crippen LogP contribution in [0.4, 0.5) is 5.69 Å². The lowest BCUT2D eigenvalue weighted by molar-refractivity contribution is -0.385. The molecule has 3 aromatic rings. The number of aliphatic imine (C=N–C) groups is 1. The molecule has 0 saturated heterocycles. The number of aryl methyl sites for hydroxylation is 1. The number of rotatable bonds is 6. The molecule has 32 heavy (non-hydrogen) atoms. The van der Waals surface area contributed by atoms with Gasteiger partial charge < -0.3 is 9.47 Å². The van der Waals surface area contributed by atoms with Crippen molar-refractivity contribution in [1.29, 1.82) is 0 Å². The number of halogens is 1. The fourth-order valence-electron chi connectivity index (χ4n) is 3.14. The maximum atomic E-state index is 12.2. The van der Waals surface area contributed by atoms with E-state index in [1.54, 1.807) is 19.1 Å². The van der Waals surface area contributed by atoms with E-state index < -0.39 is 10.9 Å². The number of esters is 1. The monoisotopic (exact) mass is 540 g/mol. The van der Waals surface area contributed by atoms with E-state index in [0.717, 1.165) is 14.7 Å². The summed E-state index contributed by atoms with van der Waals surface area (Å²) >= 11 is 2.26. The van der Waals surface area contributed by atoms with E-state index in [4.69, 9.17) is 9.47 Å². The van der Waals surface area contributed by atoms with E-state index in [0.29, 0.717) is 23.5 Å². The lowest BCUT2D eigenvalue weighted by atomic mass is 10.1. The summed E-state index contributed by atoms with van der Waals surface area (Å²) in [5, 5.41) is 11.0. The summed E-state index contributed by atoms with van der Waals surface area (Å²) < 4.78 is 12.2. The quantitative estimate of drug-likeness (QED) is 0.137. The van der Waals surface area contributed by atoms with Crippen LogP contribution >= 0.6 is 22.6 Å². The van der Waals surface area contributed by atoms with Crippen LogP contribution in [0.1, 0.15) is 22.3 Å². The average molecular weight is 540 g/mol. The number of nitro groups is 1. The molecule has 0 aromatic heterocycles. The number of benzene rings is 3. The molecule has 0 fully saturated rings. The molecule has 0 atom stereocenters. The third-order valence-electron chi connectivity index (χ3n) is 4.74. The predicted octanol–water partition coefficient (Wildman–Crippen LogP) is 5.43. The first-order valence-corrected chi connectivity index (χ1v) is 10.7. The molecule has 3 aromatic carbocycles. The molecule has 1 aliphatic rings. The molecule has 0 saturated carbocycles. The fourth-order valence-corrected chi connectivity index (χ4v) is 3.75. The topological polar surface area (TPSA) is 91.0 Å². The zero-order valence-corrected chi connectivity index (χ0v) is 19.1. The minimum Gasteiger partial charge on any atom is -0.489 e. The highest BCUT2D eigenvalue weighted by molar-refractivity contribution is 14.1. The Kier molecular flexibility index (Phi) is 6.31. The Hall–Kier alpha value is -3.53. The number of nitrogens with zero attached hydrogens (tertiary/aromatic N) is 2. The molecule has 0 unspecified atom stereocenters. The van der Waals surface area contributed by atoms with Gasteiger partial charge in [0.05, 0.1) is 4.92 Å². The summed E-state index contributed by atoms with van der Waals surface area (Å²) in [6.07, 6.45) is 1.62. The van der Waals surface area contributed by atoms with Crippen LogP contribution in [-0.4, -0.2) is 16.8 Å². The van der Waals surface area contributed by atoms with Gasteiger partial charge in [-0.3, -0.25) is 10.1 Å². The van der Waals surface area contributed by atoms with E-state index in [9.17, 15) is 14.9 Å². The van der Waals surface area contributed by atoms with Crippen molar-refractivity contribution in [3.8, 4) is 5.75 Å². The van der Waals surface area contributed by atoms with Crippen molar-refractivity contribution in [2.75, 3.05) is 0 Å². The molecule has 4 rings (SSSR count). The van der Waals surface area contributed by atoms with E-state index in [1.165, 1.54) is 12.1 Å². The van der Waals surface area contributed by atoms with Crippen LogP contribution in [0.2, 0.25) is 0 Å². The summed E-state index contributed by atoms with van der Waals surface area (Å²) in [4.78, 5) is 27.0. The van der Waals surface area contributed by atoms with Crippen molar-refractivity contribution >= 4 is 46.2 Å². The second kappa shape index (κ2) is 9.31. The maximum absolute atomic E-state index is 12.2. The predicted molar refractivity (Wildman–Crippen MR) is 128 cm³/mol. The van der Waals surface area contributed by atoms with Gasteiger partial charge in [-0.15, -0.1) is 0 Å². The molecule has 0 spiro atoms. The molecule has 1 heterocycles. The van der Waals surface area contributed by atoms with Gasteiger partial charge in [-0.25, -0.2) is 9.79 Å². The third-order valence-corrected chi connectivity index (χ3v) is 5.41. The van der Waals surface area contributed by atoms with E-state index in [2.05, 4.69) is 33.6 Å². The molecule has 8 heteroatoms. The first kappa shape index (κ1) is 21.7. The van der Waals surface area contributed by atoms with Gasteiger partial charge in [0, 0.05) is 20.8 Å². The summed E-state index contributed by atoms with van der Waals surface area (Å²) in [7, 11) is 0. The largest absolute Gasteiger partial charge is 0.489 e. The number of carbonyl (C=O) groups excluding carboxylic acids is 1. The first-order valence-electron chi connectivity index (χ1n) is 9.64. The molecular formula is C24H17IN2O5. The molecule has 160 valence electrons. The summed E-state index contributed by atoms with van der Waals surface area (Å²) in [6, 6.07) is 19.9. The number of hydrogen-bond acceptors (Lipinski definition) is 6. The van der Waals surface area contributed by atoms with Gasteiger partial charge in [-0.2, -0.15) is 0 Å². The minimum atomic E-state index is -0.574. The average Bonchev–Trinajstić information content (AvgIpc) is 3.13. The zero-order chi connectivity index (χ0) is 22.7. The number of cyclic esters (lactones) is 1. The van der Waals surface area contributed by atoms with Crippen LogP contribution in [0.15, 0.2) is 77.4 Å². The van der Waals surface area contributed by atoms with Crippen LogP contribution in [-0.2, 0) is 16.1 Å². The van der Waals surface area contributed by atoms with Crippen LogP contribution in [0.5, 0.6) is 5.75 Å². The van der Waals surface area contributed by atoms with Crippen molar-refractivity contribution in [2.24, 2.45) is 4.99 Å². The highest BCUT2D eigenvalue weighted by Crippen LogP contribution is 2.24. The number of nitro benzene ring substituents is 1. The van der Waals surface area contributed by atoms with Gasteiger partial charge in [-0.1, -0.05) is 24.3 Å². The summed E-state index contributed by atoms with van der Waals surface area (Å²) in [6.45, 7) is 2.09. The van der Waals surface area contributed by atoms with Crippen molar-refractivity contribution in [3.63, 3.8) is 0 Å². The molecule has 1 aliphatic heterocycles. The van der Waals surface area contributed by atoms with Crippen molar-refractivity contribution in [2.45, 2.75) is 13.5 Å². The molecule has 0 radical (unpaired) electrons. The molecule has 0 bridgehead atoms. The van der Waals surface area contributed by atoms with Crippen molar-refractivity contribution in [3.05, 3.63) is 108 Å². The Morgan fingerprint density at radius 1 is 1.12 bits per heavy atom. The smallest absolute Gasteiger partial charge is 0.363 e. The van der Waals surface area contributed by atoms with Gasteiger partial charge in [0.2, 0.25) is 5.90 Å². The molecular weight excluding hydrogens is 523 g/mol. The van der Waals surface area contributed by atoms with Crippen LogP contribution in [0.25, 0.3) is 6.08 Å². The van der Waals surface area contributed by atoms with Crippen LogP contribution < -0.4 is 4.74 Å². The second-order valence-electron chi connectivity index (χ2n) is 7.08. The Labute approximate surface area is 197 Å². The summed E-state index contributed by atoms with van der Waals surface area (Å²) in [5.74, 6) is 0.261. The van der Waals surface area contributed by atoms with Gasteiger partial charge >= 0.3 is 5.97 Å². The van der Waals surface area contributed by atoms with Crippen LogP contribution in [0, 0.1) is 20.6 Å². The lowest BCUT2D eigenvalue weighted by Crippen LogP contribution is -2.06. The number of carbonyl (C=O) groups is 1. The zero-order valence-electron chi connectivity index (χ0n) is 16.9. The SMILES string of the molecule is Cc1cc(C2=N/C(=C\c3ccc(OCc4cccc(I)c4)cc3)C(=O)O2)ccc1[N+](=O)[O-]. The number of ether oxygens (including phenoxy) is 2. The Balaban J connectivity index is 1.47. The molecule has 0 amide bonds. The van der Waals surface area contributed by atoms with Crippen molar-refractivity contribution < 1.29 is 19.2 Å². The second-order valence-corrected chi connectivity index (χ2v) is 8.33. The molecule has 7 nitrogen and oxygen atoms in total. The van der Waals surface area contributed by atoms with Crippen LogP contribution in [0.3, 0.4) is 0 Å². The van der Waals surface area contributed by atoms with Gasteiger partial charge in [0.1, 0.15) is 12.4 Å². The lowest BCUT2D eigenvalue weighted by Gasteiger charge is -2.07. The number of hydrogen-bond donors (Lipinski definition) is 0. The minimum absolute atomic E-state index is 0.00116. The Morgan fingerprint density at radius 2 is 1.91 bits per heavy atom. The van der Waals surface area contributed by atoms with Crippen molar-refractivity contribution in [1.82, 2.24) is 0 Å². The van der Waals surface area contributed by atoms with Gasteiger partial charge in [-0.05, 0) is 83.1 Å². The molecule has 0 N–H and O–H groups in total. The first-order chi connectivity index (χ1) is 15.4.